The van der Waals surface area contributed by atoms with Gasteiger partial charge in [-0.05, 0) is 0 Å². The molecular formula is C9H12N4O. The average molecular weight is 192 g/mol. The van der Waals surface area contributed by atoms with Crippen LogP contribution in [0.15, 0.2) is 12.4 Å². The molecule has 5 nitrogen and oxygen atoms in total. The van der Waals surface area contributed by atoms with Crippen molar-refractivity contribution in [2.75, 3.05) is 19.7 Å². The van der Waals surface area contributed by atoms with Crippen molar-refractivity contribution in [2.45, 2.75) is 12.6 Å². The fourth-order valence-electron chi connectivity index (χ4n) is 1.47. The van der Waals surface area contributed by atoms with Gasteiger partial charge in [0.2, 0.25) is 0 Å². The molecule has 5 heteroatoms. The summed E-state index contributed by atoms with van der Waals surface area (Å²) in [7, 11) is 0. The highest BCUT2D eigenvalue weighted by Gasteiger charge is 2.14. The van der Waals surface area contributed by atoms with Gasteiger partial charge >= 0.3 is 0 Å². The first kappa shape index (κ1) is 9.19. The molecule has 1 fully saturated rings. The third-order valence-corrected chi connectivity index (χ3v) is 2.16. The van der Waals surface area contributed by atoms with Crippen molar-refractivity contribution >= 4 is 0 Å². The minimum atomic E-state index is 0.162. The Balaban J connectivity index is 1.93. The first-order valence-electron chi connectivity index (χ1n) is 4.63. The van der Waals surface area contributed by atoms with Crippen molar-refractivity contribution < 1.29 is 4.74 Å². The Hall–Kier alpha value is -1.38. The first-order chi connectivity index (χ1) is 6.88. The lowest BCUT2D eigenvalue weighted by molar-refractivity contribution is 0.0161. The molecule has 1 saturated heterocycles. The molecule has 74 valence electrons. The van der Waals surface area contributed by atoms with Gasteiger partial charge in [0, 0.05) is 19.3 Å². The van der Waals surface area contributed by atoms with Crippen LogP contribution in [-0.4, -0.2) is 35.6 Å². The zero-order valence-electron chi connectivity index (χ0n) is 7.81. The van der Waals surface area contributed by atoms with Crippen LogP contribution in [0.5, 0.6) is 0 Å². The Morgan fingerprint density at radius 2 is 2.71 bits per heavy atom. The standard InChI is InChI=1S/C9H12N4O/c10-3-8-4-12-13(6-8)7-9-5-11-1-2-14-9/h4,6,9,11H,1-2,5,7H2. The summed E-state index contributed by atoms with van der Waals surface area (Å²) in [5.74, 6) is 0. The lowest BCUT2D eigenvalue weighted by atomic mass is 10.3. The van der Waals surface area contributed by atoms with Crippen molar-refractivity contribution in [1.82, 2.24) is 15.1 Å². The monoisotopic (exact) mass is 192 g/mol. The predicted molar refractivity (Wildman–Crippen MR) is 49.6 cm³/mol. The molecule has 2 heterocycles. The van der Waals surface area contributed by atoms with Gasteiger partial charge < -0.3 is 10.1 Å². The summed E-state index contributed by atoms with van der Waals surface area (Å²) in [6, 6.07) is 2.04. The van der Waals surface area contributed by atoms with E-state index in [0.717, 1.165) is 19.7 Å². The number of nitrogens with one attached hydrogen (secondary N) is 1. The molecule has 0 amide bonds. The van der Waals surface area contributed by atoms with Gasteiger partial charge in [-0.3, -0.25) is 4.68 Å². The van der Waals surface area contributed by atoms with Gasteiger partial charge in [0.15, 0.2) is 0 Å². The maximum atomic E-state index is 8.61. The van der Waals surface area contributed by atoms with E-state index in [0.29, 0.717) is 12.1 Å². The van der Waals surface area contributed by atoms with Gasteiger partial charge in [-0.1, -0.05) is 0 Å². The van der Waals surface area contributed by atoms with E-state index >= 15 is 0 Å². The van der Waals surface area contributed by atoms with Crippen LogP contribution in [-0.2, 0) is 11.3 Å². The molecule has 0 aromatic carbocycles. The van der Waals surface area contributed by atoms with Gasteiger partial charge in [-0.15, -0.1) is 0 Å². The lowest BCUT2D eigenvalue weighted by Gasteiger charge is -2.23. The van der Waals surface area contributed by atoms with Gasteiger partial charge in [-0.25, -0.2) is 0 Å². The van der Waals surface area contributed by atoms with Crippen molar-refractivity contribution in [3.05, 3.63) is 18.0 Å². The van der Waals surface area contributed by atoms with Crippen LogP contribution in [0.3, 0.4) is 0 Å². The van der Waals surface area contributed by atoms with Crippen LogP contribution in [0.25, 0.3) is 0 Å². The van der Waals surface area contributed by atoms with E-state index in [1.807, 2.05) is 6.07 Å². The number of rotatable bonds is 2. The number of nitrogens with zero attached hydrogens (tertiary/aromatic N) is 3. The topological polar surface area (TPSA) is 62.9 Å². The summed E-state index contributed by atoms with van der Waals surface area (Å²) in [6.45, 7) is 3.21. The molecule has 0 aliphatic carbocycles. The largest absolute Gasteiger partial charge is 0.374 e. The Bertz CT molecular complexity index is 335. The molecule has 0 spiro atoms. The summed E-state index contributed by atoms with van der Waals surface area (Å²) >= 11 is 0. The molecule has 0 saturated carbocycles. The Morgan fingerprint density at radius 1 is 1.79 bits per heavy atom. The summed E-state index contributed by atoms with van der Waals surface area (Å²) in [4.78, 5) is 0. The quantitative estimate of drug-likeness (QED) is 0.701. The molecule has 0 bridgehead atoms. The second-order valence-corrected chi connectivity index (χ2v) is 3.26. The summed E-state index contributed by atoms with van der Waals surface area (Å²) < 4.78 is 7.26. The molecular weight excluding hydrogens is 180 g/mol. The third kappa shape index (κ3) is 2.10. The molecule has 1 aliphatic rings. The predicted octanol–water partition coefficient (Wildman–Crippen LogP) is -0.257. The summed E-state index contributed by atoms with van der Waals surface area (Å²) in [5, 5.41) is 15.9. The SMILES string of the molecule is N#Cc1cnn(CC2CNCCO2)c1. The summed E-state index contributed by atoms with van der Waals surface area (Å²) in [5.41, 5.74) is 0.591. The van der Waals surface area contributed by atoms with E-state index in [1.54, 1.807) is 17.1 Å². The smallest absolute Gasteiger partial charge is 0.102 e. The molecule has 1 atom stereocenters. The number of hydrogen-bond acceptors (Lipinski definition) is 4. The van der Waals surface area contributed by atoms with E-state index in [1.165, 1.54) is 0 Å². The average Bonchev–Trinajstić information content (AvgIpc) is 2.67. The number of aromatic nitrogens is 2. The molecule has 1 aliphatic heterocycles. The van der Waals surface area contributed by atoms with E-state index in [2.05, 4.69) is 10.4 Å². The molecule has 1 N–H and O–H groups in total. The number of ether oxygens (including phenoxy) is 1. The molecule has 2 rings (SSSR count). The Labute approximate surface area is 82.3 Å². The molecule has 1 aromatic heterocycles. The highest BCUT2D eigenvalue weighted by molar-refractivity contribution is 5.21. The number of hydrogen-bond donors (Lipinski definition) is 1. The van der Waals surface area contributed by atoms with Crippen molar-refractivity contribution in [3.63, 3.8) is 0 Å². The second kappa shape index (κ2) is 4.22. The Kier molecular flexibility index (Phi) is 2.77. The molecule has 0 radical (unpaired) electrons. The van der Waals surface area contributed by atoms with Gasteiger partial charge in [0.05, 0.1) is 31.0 Å². The van der Waals surface area contributed by atoms with Gasteiger partial charge in [0.25, 0.3) is 0 Å². The van der Waals surface area contributed by atoms with Crippen molar-refractivity contribution in [3.8, 4) is 6.07 Å². The van der Waals surface area contributed by atoms with Crippen LogP contribution in [0.2, 0.25) is 0 Å². The minimum Gasteiger partial charge on any atom is -0.374 e. The van der Waals surface area contributed by atoms with Crippen LogP contribution < -0.4 is 5.32 Å². The zero-order valence-corrected chi connectivity index (χ0v) is 7.81. The minimum absolute atomic E-state index is 0.162. The second-order valence-electron chi connectivity index (χ2n) is 3.26. The highest BCUT2D eigenvalue weighted by Crippen LogP contribution is 2.01. The van der Waals surface area contributed by atoms with Crippen molar-refractivity contribution in [1.29, 1.82) is 5.26 Å². The zero-order chi connectivity index (χ0) is 9.80. The van der Waals surface area contributed by atoms with E-state index in [-0.39, 0.29) is 6.10 Å². The summed E-state index contributed by atoms with van der Waals surface area (Å²) in [6.07, 6.45) is 3.46. The maximum Gasteiger partial charge on any atom is 0.102 e. The van der Waals surface area contributed by atoms with Crippen LogP contribution >= 0.6 is 0 Å². The molecule has 1 aromatic rings. The number of nitriles is 1. The van der Waals surface area contributed by atoms with Gasteiger partial charge in [0.1, 0.15) is 6.07 Å². The number of morpholine rings is 1. The molecule has 1 unspecified atom stereocenters. The normalized spacial score (nSPS) is 21.8. The Morgan fingerprint density at radius 3 is 3.36 bits per heavy atom. The third-order valence-electron chi connectivity index (χ3n) is 2.16. The van der Waals surface area contributed by atoms with Crippen LogP contribution in [0.4, 0.5) is 0 Å². The van der Waals surface area contributed by atoms with Crippen LogP contribution in [0, 0.1) is 11.3 Å². The van der Waals surface area contributed by atoms with E-state index < -0.39 is 0 Å². The first-order valence-corrected chi connectivity index (χ1v) is 4.63. The molecule has 14 heavy (non-hydrogen) atoms. The van der Waals surface area contributed by atoms with Crippen LogP contribution in [0.1, 0.15) is 5.56 Å². The fourth-order valence-corrected chi connectivity index (χ4v) is 1.47. The maximum absolute atomic E-state index is 8.61. The lowest BCUT2D eigenvalue weighted by Crippen LogP contribution is -2.40. The van der Waals surface area contributed by atoms with Crippen molar-refractivity contribution in [2.24, 2.45) is 0 Å². The van der Waals surface area contributed by atoms with E-state index in [4.69, 9.17) is 10.00 Å². The highest BCUT2D eigenvalue weighted by atomic mass is 16.5. The van der Waals surface area contributed by atoms with Gasteiger partial charge in [-0.2, -0.15) is 10.4 Å². The van der Waals surface area contributed by atoms with E-state index in [9.17, 15) is 0 Å². The fraction of sp³-hybridized carbons (Fsp3) is 0.556.